The summed E-state index contributed by atoms with van der Waals surface area (Å²) in [6.45, 7) is 6.02. The summed E-state index contributed by atoms with van der Waals surface area (Å²) in [6, 6.07) is 4.76. The fourth-order valence-electron chi connectivity index (χ4n) is 2.78. The van der Waals surface area contributed by atoms with Crippen molar-refractivity contribution in [3.63, 3.8) is 0 Å². The molecule has 0 radical (unpaired) electrons. The number of hydrogen-bond donors (Lipinski definition) is 2. The van der Waals surface area contributed by atoms with Gasteiger partial charge in [-0.15, -0.1) is 41.7 Å². The van der Waals surface area contributed by atoms with Crippen molar-refractivity contribution in [1.29, 1.82) is 0 Å². The molecule has 1 unspecified atom stereocenters. The molecular weight excluding hydrogens is 419 g/mol. The number of nitrogens with zero attached hydrogens (tertiary/aromatic N) is 2. The lowest BCUT2D eigenvalue weighted by Gasteiger charge is -2.36. The molecule has 0 aliphatic carbocycles. The third-order valence-electron chi connectivity index (χ3n) is 4.17. The van der Waals surface area contributed by atoms with Gasteiger partial charge in [0, 0.05) is 18.5 Å². The Morgan fingerprint density at radius 2 is 2.22 bits per heavy atom. The monoisotopic (exact) mass is 446 g/mol. The first kappa shape index (κ1) is 20.3. The molecule has 2 N–H and O–H groups in total. The Hall–Kier alpha value is -0.780. The minimum Gasteiger partial charge on any atom is -0.354 e. The first-order valence-corrected chi connectivity index (χ1v) is 8.78. The van der Waals surface area contributed by atoms with Crippen LogP contribution in [-0.2, 0) is 0 Å². The molecule has 1 saturated heterocycles. The minimum atomic E-state index is 0. The highest BCUT2D eigenvalue weighted by Crippen LogP contribution is 2.28. The third-order valence-corrected chi connectivity index (χ3v) is 5.15. The predicted molar refractivity (Wildman–Crippen MR) is 111 cm³/mol. The summed E-state index contributed by atoms with van der Waals surface area (Å²) in [7, 11) is 1.77. The van der Waals surface area contributed by atoms with E-state index in [-0.39, 0.29) is 24.0 Å². The zero-order valence-electron chi connectivity index (χ0n) is 13.9. The van der Waals surface area contributed by atoms with Gasteiger partial charge in [0.05, 0.1) is 12.6 Å². The van der Waals surface area contributed by atoms with Crippen LogP contribution in [0.4, 0.5) is 0 Å². The lowest BCUT2D eigenvalue weighted by Crippen LogP contribution is -2.45. The summed E-state index contributed by atoms with van der Waals surface area (Å²) in [4.78, 5) is 8.22. The number of nitrogens with one attached hydrogen (secondary N) is 2. The molecule has 0 amide bonds. The number of aliphatic imine (C=N–C) groups is 1. The van der Waals surface area contributed by atoms with Crippen LogP contribution in [-0.4, -0.2) is 44.1 Å². The van der Waals surface area contributed by atoms with Gasteiger partial charge in [0.25, 0.3) is 0 Å². The lowest BCUT2D eigenvalue weighted by molar-refractivity contribution is 0.140. The van der Waals surface area contributed by atoms with E-state index in [0.717, 1.165) is 18.4 Å². The van der Waals surface area contributed by atoms with Gasteiger partial charge in [0.1, 0.15) is 0 Å². The first-order chi connectivity index (χ1) is 10.7. The highest BCUT2D eigenvalue weighted by molar-refractivity contribution is 14.0. The van der Waals surface area contributed by atoms with Crippen molar-refractivity contribution in [3.05, 3.63) is 22.4 Å². The van der Waals surface area contributed by atoms with Gasteiger partial charge in [-0.05, 0) is 43.3 Å². The van der Waals surface area contributed by atoms with Gasteiger partial charge in [-0.1, -0.05) is 18.9 Å². The Balaban J connectivity index is 0.00000264. The molecule has 1 aliphatic heterocycles. The van der Waals surface area contributed by atoms with Gasteiger partial charge in [-0.2, -0.15) is 0 Å². The largest absolute Gasteiger partial charge is 0.354 e. The topological polar surface area (TPSA) is 39.7 Å². The standard InChI is InChI=1S/C17H26N4S.HI/c1-4-9-19-17(18-3)20-13-15(16-6-5-12-22-16)21-10-7-14(2)8-11-21;/h1,5-6,12,14-15H,7-11,13H2,2-3H3,(H2,18,19,20);1H. The molecule has 1 aromatic rings. The Labute approximate surface area is 161 Å². The van der Waals surface area contributed by atoms with E-state index in [1.54, 1.807) is 7.05 Å². The molecule has 0 saturated carbocycles. The second-order valence-corrected chi connectivity index (χ2v) is 6.74. The van der Waals surface area contributed by atoms with Gasteiger partial charge in [0.15, 0.2) is 5.96 Å². The van der Waals surface area contributed by atoms with Crippen LogP contribution in [0.5, 0.6) is 0 Å². The quantitative estimate of drug-likeness (QED) is 0.316. The van der Waals surface area contributed by atoms with Crippen LogP contribution in [0.25, 0.3) is 0 Å². The van der Waals surface area contributed by atoms with Crippen LogP contribution in [0.3, 0.4) is 0 Å². The molecule has 1 aliphatic rings. The Bertz CT molecular complexity index is 501. The number of guanidine groups is 1. The van der Waals surface area contributed by atoms with E-state index >= 15 is 0 Å². The summed E-state index contributed by atoms with van der Waals surface area (Å²) in [5.41, 5.74) is 0. The van der Waals surface area contributed by atoms with E-state index in [1.165, 1.54) is 30.8 Å². The van der Waals surface area contributed by atoms with Crippen molar-refractivity contribution >= 4 is 41.3 Å². The molecule has 23 heavy (non-hydrogen) atoms. The summed E-state index contributed by atoms with van der Waals surface area (Å²) in [5, 5.41) is 8.68. The maximum atomic E-state index is 5.29. The van der Waals surface area contributed by atoms with E-state index in [9.17, 15) is 0 Å². The zero-order valence-corrected chi connectivity index (χ0v) is 17.1. The van der Waals surface area contributed by atoms with Crippen LogP contribution in [0.1, 0.15) is 30.7 Å². The number of rotatable bonds is 5. The van der Waals surface area contributed by atoms with Gasteiger partial charge in [-0.3, -0.25) is 9.89 Å². The second kappa shape index (κ2) is 10.9. The summed E-state index contributed by atoms with van der Waals surface area (Å²) in [5.74, 6) is 4.19. The average Bonchev–Trinajstić information content (AvgIpc) is 3.06. The SMILES string of the molecule is C#CCNC(=NC)NCC(c1cccs1)N1CCC(C)CC1.I. The van der Waals surface area contributed by atoms with Gasteiger partial charge < -0.3 is 10.6 Å². The maximum Gasteiger partial charge on any atom is 0.191 e. The second-order valence-electron chi connectivity index (χ2n) is 5.76. The fourth-order valence-corrected chi connectivity index (χ4v) is 3.64. The van der Waals surface area contributed by atoms with Crippen LogP contribution in [0.2, 0.25) is 0 Å². The number of piperidine rings is 1. The first-order valence-electron chi connectivity index (χ1n) is 7.90. The molecule has 0 bridgehead atoms. The number of halogens is 1. The van der Waals surface area contributed by atoms with Crippen molar-refractivity contribution in [3.8, 4) is 12.3 Å². The molecule has 2 rings (SSSR count). The van der Waals surface area contributed by atoms with E-state index in [2.05, 4.69) is 50.9 Å². The van der Waals surface area contributed by atoms with Gasteiger partial charge in [0.2, 0.25) is 0 Å². The van der Waals surface area contributed by atoms with Crippen molar-refractivity contribution in [2.75, 3.05) is 33.2 Å². The summed E-state index contributed by atoms with van der Waals surface area (Å²) < 4.78 is 0. The molecular formula is C17H27IN4S. The number of likely N-dealkylation sites (tertiary alicyclic amines) is 1. The number of thiophene rings is 1. The molecule has 0 spiro atoms. The molecule has 1 atom stereocenters. The van der Waals surface area contributed by atoms with Gasteiger partial charge in [-0.25, -0.2) is 0 Å². The normalized spacial score (nSPS) is 17.9. The van der Waals surface area contributed by atoms with Gasteiger partial charge >= 0.3 is 0 Å². The van der Waals surface area contributed by atoms with Crippen LogP contribution >= 0.6 is 35.3 Å². The average molecular weight is 446 g/mol. The molecule has 1 aromatic heterocycles. The van der Waals surface area contributed by atoms with Crippen molar-refractivity contribution in [2.45, 2.75) is 25.8 Å². The smallest absolute Gasteiger partial charge is 0.191 e. The third kappa shape index (κ3) is 6.32. The molecule has 4 nitrogen and oxygen atoms in total. The van der Waals surface area contributed by atoms with Crippen LogP contribution in [0.15, 0.2) is 22.5 Å². The molecule has 128 valence electrons. The van der Waals surface area contributed by atoms with E-state index in [4.69, 9.17) is 6.42 Å². The molecule has 2 heterocycles. The Morgan fingerprint density at radius 1 is 1.48 bits per heavy atom. The van der Waals surface area contributed by atoms with Crippen LogP contribution < -0.4 is 10.6 Å². The van der Waals surface area contributed by atoms with E-state index in [1.807, 2.05) is 11.3 Å². The molecule has 0 aromatic carbocycles. The Morgan fingerprint density at radius 3 is 2.78 bits per heavy atom. The van der Waals surface area contributed by atoms with Crippen LogP contribution in [0, 0.1) is 18.3 Å². The van der Waals surface area contributed by atoms with Crippen molar-refractivity contribution in [1.82, 2.24) is 15.5 Å². The fraction of sp³-hybridized carbons (Fsp3) is 0.588. The molecule has 1 fully saturated rings. The Kier molecular flexibility index (Phi) is 9.60. The molecule has 6 heteroatoms. The highest BCUT2D eigenvalue weighted by Gasteiger charge is 2.25. The van der Waals surface area contributed by atoms with Crippen molar-refractivity contribution in [2.24, 2.45) is 10.9 Å². The predicted octanol–water partition coefficient (Wildman–Crippen LogP) is 2.94. The number of terminal acetylenes is 1. The van der Waals surface area contributed by atoms with E-state index < -0.39 is 0 Å². The minimum absolute atomic E-state index is 0. The summed E-state index contributed by atoms with van der Waals surface area (Å²) >= 11 is 1.83. The number of hydrogen-bond acceptors (Lipinski definition) is 3. The highest BCUT2D eigenvalue weighted by atomic mass is 127. The van der Waals surface area contributed by atoms with Crippen molar-refractivity contribution < 1.29 is 0 Å². The summed E-state index contributed by atoms with van der Waals surface area (Å²) in [6.07, 6.45) is 7.86. The zero-order chi connectivity index (χ0) is 15.8. The van der Waals surface area contributed by atoms with E-state index in [0.29, 0.717) is 12.6 Å². The lowest BCUT2D eigenvalue weighted by atomic mass is 9.97. The maximum absolute atomic E-state index is 5.29.